The molecule has 8 heteroatoms. The number of benzene rings is 1. The van der Waals surface area contributed by atoms with Gasteiger partial charge < -0.3 is 24.6 Å². The van der Waals surface area contributed by atoms with E-state index >= 15 is 0 Å². The number of aromatic nitrogens is 2. The molecule has 2 bridgehead atoms. The number of hydrogen-bond donors (Lipinski definition) is 1. The van der Waals surface area contributed by atoms with Crippen LogP contribution in [0, 0.1) is 11.8 Å². The quantitative estimate of drug-likeness (QED) is 0.538. The SMILES string of the molecule is COCCOCc1ccc(-c2ccnc(N3CCC(C(=O)NC4(C)CN5CCC4CC5)CC3)n2)cc1. The summed E-state index contributed by atoms with van der Waals surface area (Å²) in [6, 6.07) is 10.2. The number of rotatable bonds is 9. The largest absolute Gasteiger partial charge is 0.382 e. The third kappa shape index (κ3) is 5.71. The number of piperidine rings is 4. The van der Waals surface area contributed by atoms with E-state index in [1.165, 1.54) is 25.9 Å². The summed E-state index contributed by atoms with van der Waals surface area (Å²) in [4.78, 5) is 27.3. The van der Waals surface area contributed by atoms with E-state index in [0.29, 0.717) is 25.7 Å². The monoisotopic (exact) mass is 493 g/mol. The van der Waals surface area contributed by atoms with Crippen LogP contribution in [0.5, 0.6) is 0 Å². The van der Waals surface area contributed by atoms with Gasteiger partial charge in [-0.3, -0.25) is 4.79 Å². The molecule has 4 aliphatic rings. The van der Waals surface area contributed by atoms with Crippen molar-refractivity contribution in [3.63, 3.8) is 0 Å². The first-order valence-electron chi connectivity index (χ1n) is 13.3. The van der Waals surface area contributed by atoms with Crippen molar-refractivity contribution in [2.24, 2.45) is 11.8 Å². The number of nitrogens with zero attached hydrogens (tertiary/aromatic N) is 4. The summed E-state index contributed by atoms with van der Waals surface area (Å²) in [6.45, 7) is 8.95. The van der Waals surface area contributed by atoms with Crippen LogP contribution in [-0.4, -0.2) is 79.4 Å². The molecule has 8 nitrogen and oxygen atoms in total. The van der Waals surface area contributed by atoms with Crippen molar-refractivity contribution in [1.29, 1.82) is 0 Å². The predicted molar refractivity (Wildman–Crippen MR) is 140 cm³/mol. The molecule has 1 N–H and O–H groups in total. The van der Waals surface area contributed by atoms with E-state index in [1.54, 1.807) is 7.11 Å². The summed E-state index contributed by atoms with van der Waals surface area (Å²) < 4.78 is 10.6. The smallest absolute Gasteiger partial charge is 0.225 e. The Bertz CT molecular complexity index is 1020. The Morgan fingerprint density at radius 3 is 2.47 bits per heavy atom. The summed E-state index contributed by atoms with van der Waals surface area (Å²) in [5.41, 5.74) is 3.01. The zero-order valence-corrected chi connectivity index (χ0v) is 21.6. The van der Waals surface area contributed by atoms with Crippen molar-refractivity contribution in [2.75, 3.05) is 57.9 Å². The number of amides is 1. The lowest BCUT2D eigenvalue weighted by Gasteiger charge is -2.52. The number of ether oxygens (including phenoxy) is 2. The lowest BCUT2D eigenvalue weighted by atomic mass is 9.73. The van der Waals surface area contributed by atoms with E-state index in [0.717, 1.165) is 55.2 Å². The van der Waals surface area contributed by atoms with Crippen molar-refractivity contribution in [3.8, 4) is 11.3 Å². The highest BCUT2D eigenvalue weighted by Crippen LogP contribution is 2.36. The van der Waals surface area contributed by atoms with E-state index < -0.39 is 0 Å². The molecule has 36 heavy (non-hydrogen) atoms. The standard InChI is InChI=1S/C28H39N5O3/c1-28(20-32-13-10-24(28)11-14-32)31-26(34)23-8-15-33(16-9-23)27-29-12-7-25(30-27)22-5-3-21(4-6-22)19-36-18-17-35-2/h3-7,12,23-24H,8-11,13-20H2,1-2H3,(H,31,34). The van der Waals surface area contributed by atoms with Crippen LogP contribution in [0.3, 0.4) is 0 Å². The van der Waals surface area contributed by atoms with Crippen LogP contribution in [0.4, 0.5) is 5.95 Å². The van der Waals surface area contributed by atoms with Crippen LogP contribution in [0.2, 0.25) is 0 Å². The van der Waals surface area contributed by atoms with Gasteiger partial charge in [-0.05, 0) is 63.2 Å². The normalized spacial score (nSPS) is 26.2. The topological polar surface area (TPSA) is 79.8 Å². The van der Waals surface area contributed by atoms with Crippen LogP contribution in [-0.2, 0) is 20.9 Å². The number of hydrogen-bond acceptors (Lipinski definition) is 7. The molecule has 6 rings (SSSR count). The molecule has 0 radical (unpaired) electrons. The average molecular weight is 494 g/mol. The van der Waals surface area contributed by atoms with Gasteiger partial charge in [-0.2, -0.15) is 0 Å². The van der Waals surface area contributed by atoms with E-state index in [4.69, 9.17) is 14.5 Å². The second-order valence-corrected chi connectivity index (χ2v) is 10.7. The molecule has 1 unspecified atom stereocenters. The van der Waals surface area contributed by atoms with Crippen LogP contribution in [0.1, 0.15) is 38.2 Å². The molecule has 2 aromatic rings. The minimum Gasteiger partial charge on any atom is -0.382 e. The maximum Gasteiger partial charge on any atom is 0.225 e. The first-order valence-corrected chi connectivity index (χ1v) is 13.3. The van der Waals surface area contributed by atoms with Crippen LogP contribution in [0.25, 0.3) is 11.3 Å². The Balaban J connectivity index is 1.15. The molecular weight excluding hydrogens is 454 g/mol. The molecule has 1 aromatic heterocycles. The molecule has 1 amide bonds. The van der Waals surface area contributed by atoms with E-state index in [2.05, 4.69) is 51.3 Å². The summed E-state index contributed by atoms with van der Waals surface area (Å²) in [5.74, 6) is 1.64. The van der Waals surface area contributed by atoms with Crippen molar-refractivity contribution < 1.29 is 14.3 Å². The van der Waals surface area contributed by atoms with Crippen molar-refractivity contribution in [2.45, 2.75) is 44.8 Å². The van der Waals surface area contributed by atoms with Gasteiger partial charge >= 0.3 is 0 Å². The highest BCUT2D eigenvalue weighted by Gasteiger charge is 2.45. The number of fused-ring (bicyclic) bond motifs is 3. The second-order valence-electron chi connectivity index (χ2n) is 10.7. The maximum atomic E-state index is 13.2. The average Bonchev–Trinajstić information content (AvgIpc) is 2.92. The molecular formula is C28H39N5O3. The van der Waals surface area contributed by atoms with Crippen LogP contribution >= 0.6 is 0 Å². The van der Waals surface area contributed by atoms with Crippen molar-refractivity contribution in [3.05, 3.63) is 42.1 Å². The van der Waals surface area contributed by atoms with Gasteiger partial charge in [0.15, 0.2) is 0 Å². The maximum absolute atomic E-state index is 13.2. The van der Waals surface area contributed by atoms with Crippen LogP contribution < -0.4 is 10.2 Å². The number of nitrogens with one attached hydrogen (secondary N) is 1. The zero-order valence-electron chi connectivity index (χ0n) is 21.6. The fourth-order valence-corrected chi connectivity index (χ4v) is 5.95. The molecule has 194 valence electrons. The Morgan fingerprint density at radius 2 is 1.81 bits per heavy atom. The summed E-state index contributed by atoms with van der Waals surface area (Å²) in [6.07, 6.45) is 5.90. The van der Waals surface area contributed by atoms with Gasteiger partial charge in [-0.15, -0.1) is 0 Å². The lowest BCUT2D eigenvalue weighted by molar-refractivity contribution is -0.130. The minimum atomic E-state index is -0.0756. The molecule has 5 heterocycles. The van der Waals surface area contributed by atoms with Crippen LogP contribution in [0.15, 0.2) is 36.5 Å². The Kier molecular flexibility index (Phi) is 7.84. The lowest BCUT2D eigenvalue weighted by Crippen LogP contribution is -2.66. The first kappa shape index (κ1) is 25.1. The van der Waals surface area contributed by atoms with Gasteiger partial charge in [0.2, 0.25) is 11.9 Å². The molecule has 1 atom stereocenters. The van der Waals surface area contributed by atoms with E-state index in [-0.39, 0.29) is 17.4 Å². The molecule has 4 aliphatic heterocycles. The summed E-state index contributed by atoms with van der Waals surface area (Å²) in [7, 11) is 1.67. The third-order valence-corrected chi connectivity index (χ3v) is 8.19. The molecule has 4 fully saturated rings. The zero-order chi connectivity index (χ0) is 25.0. The van der Waals surface area contributed by atoms with Gasteiger partial charge in [0.05, 0.1) is 31.1 Å². The molecule has 4 saturated heterocycles. The number of anilines is 1. The molecule has 0 saturated carbocycles. The minimum absolute atomic E-state index is 0.0652. The third-order valence-electron chi connectivity index (χ3n) is 8.19. The fraction of sp³-hybridized carbons (Fsp3) is 0.607. The van der Waals surface area contributed by atoms with Gasteiger partial charge in [-0.25, -0.2) is 9.97 Å². The molecule has 1 aromatic carbocycles. The second kappa shape index (κ2) is 11.2. The van der Waals surface area contributed by atoms with Gasteiger partial charge in [-0.1, -0.05) is 24.3 Å². The molecule has 0 aliphatic carbocycles. The molecule has 0 spiro atoms. The highest BCUT2D eigenvalue weighted by molar-refractivity contribution is 5.80. The number of methoxy groups -OCH3 is 1. The number of carbonyl (C=O) groups is 1. The Labute approximate surface area is 214 Å². The summed E-state index contributed by atoms with van der Waals surface area (Å²) >= 11 is 0. The summed E-state index contributed by atoms with van der Waals surface area (Å²) in [5, 5.41) is 3.46. The number of carbonyl (C=O) groups excluding carboxylic acids is 1. The van der Waals surface area contributed by atoms with Crippen molar-refractivity contribution in [1.82, 2.24) is 20.2 Å². The highest BCUT2D eigenvalue weighted by atomic mass is 16.5. The van der Waals surface area contributed by atoms with E-state index in [1.807, 2.05) is 12.3 Å². The Morgan fingerprint density at radius 1 is 1.06 bits per heavy atom. The van der Waals surface area contributed by atoms with E-state index in [9.17, 15) is 4.79 Å². The Hall–Kier alpha value is -2.55. The first-order chi connectivity index (χ1) is 17.5. The van der Waals surface area contributed by atoms with Gasteiger partial charge in [0.25, 0.3) is 0 Å². The van der Waals surface area contributed by atoms with Crippen molar-refractivity contribution >= 4 is 11.9 Å². The fourth-order valence-electron chi connectivity index (χ4n) is 5.95. The van der Waals surface area contributed by atoms with Gasteiger partial charge in [0, 0.05) is 44.4 Å². The predicted octanol–water partition coefficient (Wildman–Crippen LogP) is 3.12. The van der Waals surface area contributed by atoms with Gasteiger partial charge in [0.1, 0.15) is 0 Å².